The molecule has 0 radical (unpaired) electrons. The van der Waals surface area contributed by atoms with Crippen LogP contribution in [0.15, 0.2) is 48.5 Å². The van der Waals surface area contributed by atoms with Crippen LogP contribution in [0.5, 0.6) is 5.75 Å². The predicted molar refractivity (Wildman–Crippen MR) is 131 cm³/mol. The summed E-state index contributed by atoms with van der Waals surface area (Å²) in [5, 5.41) is 2.74. The molecule has 2 aliphatic rings. The van der Waals surface area contributed by atoms with Crippen molar-refractivity contribution >= 4 is 23.2 Å². The van der Waals surface area contributed by atoms with Gasteiger partial charge in [0.15, 0.2) is 6.10 Å². The Labute approximate surface area is 200 Å². The number of benzene rings is 2. The van der Waals surface area contributed by atoms with Gasteiger partial charge in [0.25, 0.3) is 5.91 Å². The van der Waals surface area contributed by atoms with E-state index >= 15 is 0 Å². The molecule has 1 atom stereocenters. The zero-order chi connectivity index (χ0) is 23.9. The lowest BCUT2D eigenvalue weighted by atomic mass is 10.1. The van der Waals surface area contributed by atoms with Gasteiger partial charge in [0.2, 0.25) is 5.91 Å². The van der Waals surface area contributed by atoms with Gasteiger partial charge < -0.3 is 19.9 Å². The van der Waals surface area contributed by atoms with Crippen molar-refractivity contribution in [2.24, 2.45) is 0 Å². The smallest absolute Gasteiger partial charge is 0.268 e. The van der Waals surface area contributed by atoms with Gasteiger partial charge in [0.05, 0.1) is 5.69 Å². The fourth-order valence-electron chi connectivity index (χ4n) is 4.56. The van der Waals surface area contributed by atoms with Crippen molar-refractivity contribution in [2.45, 2.75) is 32.3 Å². The molecule has 2 aliphatic heterocycles. The molecule has 182 valence electrons. The van der Waals surface area contributed by atoms with Gasteiger partial charge in [-0.05, 0) is 55.8 Å². The van der Waals surface area contributed by atoms with Gasteiger partial charge in [0, 0.05) is 58.3 Å². The molecule has 4 rings (SSSR count). The molecule has 7 nitrogen and oxygen atoms in total. The number of carbonyl (C=O) groups excluding carboxylic acids is 2. The molecule has 1 saturated heterocycles. The number of fused-ring (bicyclic) bond motifs is 1. The summed E-state index contributed by atoms with van der Waals surface area (Å²) >= 11 is 0. The number of rotatable bonds is 9. The molecule has 1 N–H and O–H groups in total. The molecule has 0 bridgehead atoms. The monoisotopic (exact) mass is 468 g/mol. The molecule has 8 heteroatoms. The van der Waals surface area contributed by atoms with E-state index in [-0.39, 0.29) is 17.6 Å². The summed E-state index contributed by atoms with van der Waals surface area (Å²) < 4.78 is 19.1. The average Bonchev–Trinajstić information content (AvgIpc) is 2.84. The zero-order valence-electron chi connectivity index (χ0n) is 19.7. The second-order valence-electron chi connectivity index (χ2n) is 8.85. The molecular formula is C26H33FN4O3. The Morgan fingerprint density at radius 3 is 2.47 bits per heavy atom. The summed E-state index contributed by atoms with van der Waals surface area (Å²) in [5.74, 6) is 0.352. The second-order valence-corrected chi connectivity index (χ2v) is 8.85. The number of hydrogen-bond acceptors (Lipinski definition) is 5. The SMILES string of the molecule is CC(=O)NCCC1Oc2ccccc2N(CCCCN2CCN(c3ccc(F)cc3)CC2)C1=O. The van der Waals surface area contributed by atoms with E-state index in [1.807, 2.05) is 41.3 Å². The summed E-state index contributed by atoms with van der Waals surface area (Å²) in [6.45, 7) is 7.31. The standard InChI is InChI=1S/C26H33FN4O3/c1-20(32)28-13-12-25-26(33)31(23-6-2-3-7-24(23)34-25)15-5-4-14-29-16-18-30(19-17-29)22-10-8-21(27)9-11-22/h2-3,6-11,25H,4-5,12-19H2,1H3,(H,28,32). The molecule has 0 spiro atoms. The van der Waals surface area contributed by atoms with Crippen molar-refractivity contribution in [3.63, 3.8) is 0 Å². The molecule has 2 amide bonds. The summed E-state index contributed by atoms with van der Waals surface area (Å²) in [6.07, 6.45) is 1.76. The van der Waals surface area contributed by atoms with E-state index < -0.39 is 6.10 Å². The first-order valence-corrected chi connectivity index (χ1v) is 12.1. The zero-order valence-corrected chi connectivity index (χ0v) is 19.7. The molecule has 2 aromatic rings. The first-order valence-electron chi connectivity index (χ1n) is 12.1. The van der Waals surface area contributed by atoms with Gasteiger partial charge in [-0.15, -0.1) is 0 Å². The number of para-hydroxylation sites is 2. The largest absolute Gasteiger partial charge is 0.478 e. The number of piperazine rings is 1. The van der Waals surface area contributed by atoms with Crippen LogP contribution in [0.2, 0.25) is 0 Å². The number of nitrogens with zero attached hydrogens (tertiary/aromatic N) is 3. The third kappa shape index (κ3) is 6.05. The van der Waals surface area contributed by atoms with Crippen LogP contribution in [0.4, 0.5) is 15.8 Å². The van der Waals surface area contributed by atoms with E-state index in [1.165, 1.54) is 19.1 Å². The second kappa shape index (κ2) is 11.3. The summed E-state index contributed by atoms with van der Waals surface area (Å²) in [4.78, 5) is 30.8. The molecule has 0 aromatic heterocycles. The first kappa shape index (κ1) is 24.0. The van der Waals surface area contributed by atoms with Gasteiger partial charge in [-0.2, -0.15) is 0 Å². The number of carbonyl (C=O) groups is 2. The van der Waals surface area contributed by atoms with Crippen LogP contribution in [-0.4, -0.2) is 68.6 Å². The summed E-state index contributed by atoms with van der Waals surface area (Å²) in [7, 11) is 0. The van der Waals surface area contributed by atoms with E-state index in [0.717, 1.165) is 56.9 Å². The highest BCUT2D eigenvalue weighted by atomic mass is 19.1. The summed E-state index contributed by atoms with van der Waals surface area (Å²) in [6, 6.07) is 14.3. The van der Waals surface area contributed by atoms with Crippen molar-refractivity contribution < 1.29 is 18.7 Å². The minimum Gasteiger partial charge on any atom is -0.478 e. The maximum atomic E-state index is 13.2. The van der Waals surface area contributed by atoms with Crippen LogP contribution in [0, 0.1) is 5.82 Å². The number of anilines is 2. The lowest BCUT2D eigenvalue weighted by molar-refractivity contribution is -0.127. The molecule has 0 aliphatic carbocycles. The molecular weight excluding hydrogens is 435 g/mol. The highest BCUT2D eigenvalue weighted by Crippen LogP contribution is 2.34. The van der Waals surface area contributed by atoms with Gasteiger partial charge in [-0.1, -0.05) is 12.1 Å². The number of ether oxygens (including phenoxy) is 1. The van der Waals surface area contributed by atoms with Crippen LogP contribution in [0.1, 0.15) is 26.2 Å². The van der Waals surface area contributed by atoms with Gasteiger partial charge >= 0.3 is 0 Å². The Balaban J connectivity index is 1.24. The fourth-order valence-corrected chi connectivity index (χ4v) is 4.56. The van der Waals surface area contributed by atoms with E-state index in [1.54, 1.807) is 0 Å². The molecule has 2 heterocycles. The van der Waals surface area contributed by atoms with Crippen LogP contribution < -0.4 is 19.9 Å². The number of nitrogens with one attached hydrogen (secondary N) is 1. The Kier molecular flexibility index (Phi) is 8.00. The van der Waals surface area contributed by atoms with Crippen LogP contribution in [-0.2, 0) is 9.59 Å². The van der Waals surface area contributed by atoms with Crippen LogP contribution >= 0.6 is 0 Å². The quantitative estimate of drug-likeness (QED) is 0.573. The highest BCUT2D eigenvalue weighted by molar-refractivity contribution is 6.00. The number of unbranched alkanes of at least 4 members (excludes halogenated alkanes) is 1. The van der Waals surface area contributed by atoms with Gasteiger partial charge in [-0.25, -0.2) is 4.39 Å². The molecule has 2 aromatic carbocycles. The molecule has 34 heavy (non-hydrogen) atoms. The number of halogens is 1. The first-order chi connectivity index (χ1) is 16.5. The van der Waals surface area contributed by atoms with Crippen molar-refractivity contribution in [3.8, 4) is 5.75 Å². The Bertz CT molecular complexity index is 976. The van der Waals surface area contributed by atoms with Gasteiger partial charge in [0.1, 0.15) is 11.6 Å². The lowest BCUT2D eigenvalue weighted by Gasteiger charge is -2.36. The Hall–Kier alpha value is -3.13. The van der Waals surface area contributed by atoms with E-state index in [9.17, 15) is 14.0 Å². The van der Waals surface area contributed by atoms with E-state index in [4.69, 9.17) is 4.74 Å². The van der Waals surface area contributed by atoms with Gasteiger partial charge in [-0.3, -0.25) is 14.5 Å². The number of amides is 2. The third-order valence-electron chi connectivity index (χ3n) is 6.42. The Morgan fingerprint density at radius 2 is 1.74 bits per heavy atom. The van der Waals surface area contributed by atoms with Crippen molar-refractivity contribution in [1.82, 2.24) is 10.2 Å². The summed E-state index contributed by atoms with van der Waals surface area (Å²) in [5.41, 5.74) is 1.88. The lowest BCUT2D eigenvalue weighted by Crippen LogP contribution is -2.48. The van der Waals surface area contributed by atoms with Crippen molar-refractivity contribution in [2.75, 3.05) is 55.6 Å². The number of hydrogen-bond donors (Lipinski definition) is 1. The highest BCUT2D eigenvalue weighted by Gasteiger charge is 2.33. The Morgan fingerprint density at radius 1 is 1.03 bits per heavy atom. The average molecular weight is 469 g/mol. The normalized spacial score (nSPS) is 18.4. The van der Waals surface area contributed by atoms with Crippen molar-refractivity contribution in [1.29, 1.82) is 0 Å². The molecule has 0 saturated carbocycles. The molecule has 1 fully saturated rings. The maximum Gasteiger partial charge on any atom is 0.268 e. The fraction of sp³-hybridized carbons (Fsp3) is 0.462. The molecule has 1 unspecified atom stereocenters. The van der Waals surface area contributed by atoms with Crippen LogP contribution in [0.25, 0.3) is 0 Å². The van der Waals surface area contributed by atoms with E-state index in [0.29, 0.717) is 25.3 Å². The van der Waals surface area contributed by atoms with Crippen molar-refractivity contribution in [3.05, 3.63) is 54.3 Å². The van der Waals surface area contributed by atoms with E-state index in [2.05, 4.69) is 15.1 Å². The third-order valence-corrected chi connectivity index (χ3v) is 6.42. The maximum absolute atomic E-state index is 13.2. The van der Waals surface area contributed by atoms with Crippen LogP contribution in [0.3, 0.4) is 0 Å². The minimum atomic E-state index is -0.582. The predicted octanol–water partition coefficient (Wildman–Crippen LogP) is 3.05. The topological polar surface area (TPSA) is 65.1 Å². The minimum absolute atomic E-state index is 0.0445.